The van der Waals surface area contributed by atoms with E-state index in [1.54, 1.807) is 0 Å². The van der Waals surface area contributed by atoms with Gasteiger partial charge in [0.15, 0.2) is 23.3 Å². The summed E-state index contributed by atoms with van der Waals surface area (Å²) in [4.78, 5) is 4.81. The number of nitrogens with zero attached hydrogens (tertiary/aromatic N) is 1. The van der Waals surface area contributed by atoms with E-state index in [0.717, 1.165) is 36.8 Å². The van der Waals surface area contributed by atoms with Crippen LogP contribution in [0.1, 0.15) is 54.7 Å². The third kappa shape index (κ3) is 4.12. The molecule has 2 aromatic rings. The number of benzene rings is 2. The lowest BCUT2D eigenvalue weighted by Gasteiger charge is -2.23. The van der Waals surface area contributed by atoms with Gasteiger partial charge in [-0.2, -0.15) is 0 Å². The molecule has 0 aromatic heterocycles. The number of hydrogen-bond acceptors (Lipinski definition) is 2. The predicted molar refractivity (Wildman–Crippen MR) is 90.9 cm³/mol. The third-order valence-corrected chi connectivity index (χ3v) is 4.82. The van der Waals surface area contributed by atoms with E-state index in [1.807, 2.05) is 24.3 Å². The number of oxime groups is 1. The second kappa shape index (κ2) is 8.50. The normalized spacial score (nSPS) is 15.4. The zero-order valence-electron chi connectivity index (χ0n) is 14.5. The molecule has 0 saturated heterocycles. The molecule has 2 aromatic carbocycles. The topological polar surface area (TPSA) is 21.6 Å². The molecule has 1 aliphatic carbocycles. The first kappa shape index (κ1) is 19.3. The molecular formula is C20H18F5NO. The summed E-state index contributed by atoms with van der Waals surface area (Å²) in [5.41, 5.74) is 0.867. The molecule has 0 aliphatic heterocycles. The Labute approximate surface area is 153 Å². The Kier molecular flexibility index (Phi) is 6.08. The Bertz CT molecular complexity index is 818. The molecule has 0 spiro atoms. The van der Waals surface area contributed by atoms with Crippen LogP contribution in [0, 0.1) is 29.1 Å². The molecule has 0 unspecified atom stereocenters. The van der Waals surface area contributed by atoms with Crippen molar-refractivity contribution < 1.29 is 26.8 Å². The molecule has 1 fully saturated rings. The SMILES string of the molecule is Fc1c(F)c(F)c(CON=Cc2ccccc2C2CCCCC2)c(F)c1F. The van der Waals surface area contributed by atoms with Gasteiger partial charge in [0, 0.05) is 0 Å². The molecule has 2 nitrogen and oxygen atoms in total. The van der Waals surface area contributed by atoms with E-state index < -0.39 is 41.3 Å². The van der Waals surface area contributed by atoms with E-state index in [9.17, 15) is 22.0 Å². The Morgan fingerprint density at radius 2 is 1.44 bits per heavy atom. The first-order valence-electron chi connectivity index (χ1n) is 8.75. The van der Waals surface area contributed by atoms with Gasteiger partial charge in [0.25, 0.3) is 0 Å². The van der Waals surface area contributed by atoms with Crippen molar-refractivity contribution in [2.24, 2.45) is 5.16 Å². The summed E-state index contributed by atoms with van der Waals surface area (Å²) in [6.07, 6.45) is 7.10. The van der Waals surface area contributed by atoms with Crippen LogP contribution in [0.4, 0.5) is 22.0 Å². The van der Waals surface area contributed by atoms with E-state index >= 15 is 0 Å². The second-order valence-electron chi connectivity index (χ2n) is 6.52. The van der Waals surface area contributed by atoms with Crippen molar-refractivity contribution in [3.8, 4) is 0 Å². The highest BCUT2D eigenvalue weighted by atomic mass is 19.2. The van der Waals surface area contributed by atoms with E-state index in [0.29, 0.717) is 5.92 Å². The monoisotopic (exact) mass is 383 g/mol. The minimum absolute atomic E-state index is 0.413. The number of rotatable bonds is 5. The van der Waals surface area contributed by atoms with Crippen LogP contribution in [0.2, 0.25) is 0 Å². The van der Waals surface area contributed by atoms with Crippen LogP contribution >= 0.6 is 0 Å². The van der Waals surface area contributed by atoms with Crippen molar-refractivity contribution in [2.75, 3.05) is 0 Å². The fraction of sp³-hybridized carbons (Fsp3) is 0.350. The molecule has 1 aliphatic rings. The van der Waals surface area contributed by atoms with Gasteiger partial charge >= 0.3 is 0 Å². The van der Waals surface area contributed by atoms with E-state index in [1.165, 1.54) is 12.6 Å². The maximum atomic E-state index is 13.6. The summed E-state index contributed by atoms with van der Waals surface area (Å²) < 4.78 is 66.6. The largest absolute Gasteiger partial charge is 0.391 e. The molecule has 0 atom stereocenters. The molecule has 7 heteroatoms. The van der Waals surface area contributed by atoms with Crippen molar-refractivity contribution >= 4 is 6.21 Å². The summed E-state index contributed by atoms with van der Waals surface area (Å²) in [6.45, 7) is -0.867. The lowest BCUT2D eigenvalue weighted by molar-refractivity contribution is 0.124. The van der Waals surface area contributed by atoms with Gasteiger partial charge in [0.2, 0.25) is 5.82 Å². The van der Waals surface area contributed by atoms with Gasteiger partial charge in [0.1, 0.15) is 6.61 Å². The van der Waals surface area contributed by atoms with E-state index in [-0.39, 0.29) is 0 Å². The van der Waals surface area contributed by atoms with E-state index in [2.05, 4.69) is 5.16 Å². The molecule has 1 saturated carbocycles. The minimum Gasteiger partial charge on any atom is -0.391 e. The van der Waals surface area contributed by atoms with Crippen LogP contribution in [0.25, 0.3) is 0 Å². The number of hydrogen-bond donors (Lipinski definition) is 0. The van der Waals surface area contributed by atoms with Crippen LogP contribution < -0.4 is 0 Å². The Balaban J connectivity index is 1.73. The lowest BCUT2D eigenvalue weighted by Crippen LogP contribution is -2.08. The fourth-order valence-electron chi connectivity index (χ4n) is 3.39. The summed E-state index contributed by atoms with van der Waals surface area (Å²) in [5, 5.41) is 3.66. The summed E-state index contributed by atoms with van der Waals surface area (Å²) in [5.74, 6) is -9.61. The molecule has 0 radical (unpaired) electrons. The minimum atomic E-state index is -2.20. The van der Waals surface area contributed by atoms with Crippen molar-refractivity contribution in [1.82, 2.24) is 0 Å². The van der Waals surface area contributed by atoms with Crippen molar-refractivity contribution in [1.29, 1.82) is 0 Å². The van der Waals surface area contributed by atoms with Crippen LogP contribution in [0.5, 0.6) is 0 Å². The first-order chi connectivity index (χ1) is 13.0. The Morgan fingerprint density at radius 1 is 0.852 bits per heavy atom. The molecular weight excluding hydrogens is 365 g/mol. The number of halogens is 5. The average Bonchev–Trinajstić information content (AvgIpc) is 2.71. The van der Waals surface area contributed by atoms with Crippen LogP contribution in [-0.4, -0.2) is 6.21 Å². The second-order valence-corrected chi connectivity index (χ2v) is 6.52. The van der Waals surface area contributed by atoms with Crippen molar-refractivity contribution in [2.45, 2.75) is 44.6 Å². The molecule has 0 N–H and O–H groups in total. The zero-order chi connectivity index (χ0) is 19.4. The quantitative estimate of drug-likeness (QED) is 0.205. The van der Waals surface area contributed by atoms with Gasteiger partial charge in [-0.1, -0.05) is 48.7 Å². The summed E-state index contributed by atoms with van der Waals surface area (Å²) in [7, 11) is 0. The summed E-state index contributed by atoms with van der Waals surface area (Å²) >= 11 is 0. The zero-order valence-corrected chi connectivity index (χ0v) is 14.5. The van der Waals surface area contributed by atoms with Gasteiger partial charge in [-0.15, -0.1) is 0 Å². The highest BCUT2D eigenvalue weighted by Gasteiger charge is 2.26. The van der Waals surface area contributed by atoms with Crippen LogP contribution in [-0.2, 0) is 11.4 Å². The Morgan fingerprint density at radius 3 is 2.11 bits per heavy atom. The van der Waals surface area contributed by atoms with Gasteiger partial charge in [-0.25, -0.2) is 22.0 Å². The Hall–Kier alpha value is -2.44. The van der Waals surface area contributed by atoms with Crippen molar-refractivity contribution in [3.05, 3.63) is 70.0 Å². The highest BCUT2D eigenvalue weighted by molar-refractivity contribution is 5.81. The van der Waals surface area contributed by atoms with Crippen LogP contribution in [0.15, 0.2) is 29.4 Å². The standard InChI is InChI=1S/C20H18F5NO/c21-16-15(17(22)19(24)20(25)18(16)23)11-27-26-10-13-8-4-5-9-14(13)12-6-2-1-3-7-12/h4-5,8-10,12H,1-3,6-7,11H2. The van der Waals surface area contributed by atoms with Gasteiger partial charge in [0.05, 0.1) is 11.8 Å². The molecule has 0 bridgehead atoms. The van der Waals surface area contributed by atoms with Crippen molar-refractivity contribution in [3.63, 3.8) is 0 Å². The third-order valence-electron chi connectivity index (χ3n) is 4.82. The van der Waals surface area contributed by atoms with Gasteiger partial charge < -0.3 is 4.84 Å². The average molecular weight is 383 g/mol. The predicted octanol–water partition coefficient (Wildman–Crippen LogP) is 5.98. The maximum absolute atomic E-state index is 13.6. The molecule has 27 heavy (non-hydrogen) atoms. The van der Waals surface area contributed by atoms with Crippen LogP contribution in [0.3, 0.4) is 0 Å². The first-order valence-corrected chi connectivity index (χ1v) is 8.75. The molecule has 0 amide bonds. The maximum Gasteiger partial charge on any atom is 0.200 e. The molecule has 3 rings (SSSR count). The fourth-order valence-corrected chi connectivity index (χ4v) is 3.39. The molecule has 0 heterocycles. The van der Waals surface area contributed by atoms with E-state index in [4.69, 9.17) is 4.84 Å². The smallest absolute Gasteiger partial charge is 0.200 e. The lowest BCUT2D eigenvalue weighted by atomic mass is 9.82. The van der Waals surface area contributed by atoms with Gasteiger partial charge in [-0.05, 0) is 29.9 Å². The highest BCUT2D eigenvalue weighted by Crippen LogP contribution is 2.34. The summed E-state index contributed by atoms with van der Waals surface area (Å²) in [6, 6.07) is 7.60. The molecule has 144 valence electrons. The van der Waals surface area contributed by atoms with Gasteiger partial charge in [-0.3, -0.25) is 0 Å².